The van der Waals surface area contributed by atoms with E-state index in [2.05, 4.69) is 0 Å². The fourth-order valence-corrected chi connectivity index (χ4v) is 3.94. The van der Waals surface area contributed by atoms with Crippen molar-refractivity contribution in [2.75, 3.05) is 13.2 Å². The second kappa shape index (κ2) is 11.0. The van der Waals surface area contributed by atoms with E-state index < -0.39 is 11.6 Å². The van der Waals surface area contributed by atoms with Crippen LogP contribution in [0.3, 0.4) is 0 Å². The summed E-state index contributed by atoms with van der Waals surface area (Å²) < 4.78 is 17.2. The second-order valence-electron chi connectivity index (χ2n) is 10.6. The van der Waals surface area contributed by atoms with Gasteiger partial charge in [0.15, 0.2) is 12.4 Å². The topological polar surface area (TPSA) is 61.8 Å². The molecule has 0 N–H and O–H groups in total. The molecule has 0 spiro atoms. The van der Waals surface area contributed by atoms with Crippen LogP contribution in [0.15, 0.2) is 24.3 Å². The van der Waals surface area contributed by atoms with Gasteiger partial charge in [0.1, 0.15) is 23.7 Å². The number of hydrogen-bond donors (Lipinski definition) is 0. The van der Waals surface area contributed by atoms with E-state index in [0.717, 1.165) is 11.1 Å². The van der Waals surface area contributed by atoms with E-state index in [1.807, 2.05) is 46.8 Å². The Morgan fingerprint density at radius 3 is 1.62 bits per heavy atom. The molecule has 5 nitrogen and oxygen atoms in total. The van der Waals surface area contributed by atoms with E-state index in [4.69, 9.17) is 37.4 Å². The van der Waals surface area contributed by atoms with Gasteiger partial charge in [-0.2, -0.15) is 0 Å². The Hall–Kier alpha value is -2.24. The summed E-state index contributed by atoms with van der Waals surface area (Å²) in [4.78, 5) is 24.8. The second-order valence-corrected chi connectivity index (χ2v) is 11.4. The van der Waals surface area contributed by atoms with Crippen LogP contribution in [0, 0.1) is 19.3 Å². The molecule has 0 aliphatic carbocycles. The first kappa shape index (κ1) is 28.0. The molecule has 0 heterocycles. The predicted molar refractivity (Wildman–Crippen MR) is 137 cm³/mol. The summed E-state index contributed by atoms with van der Waals surface area (Å²) >= 11 is 13.0. The Bertz CT molecular complexity index is 977. The smallest absolute Gasteiger partial charge is 0.344 e. The third-order valence-corrected chi connectivity index (χ3v) is 5.34. The van der Waals surface area contributed by atoms with Crippen LogP contribution in [-0.2, 0) is 14.3 Å². The van der Waals surface area contributed by atoms with Gasteiger partial charge in [-0.05, 0) is 63.3 Å². The molecule has 0 radical (unpaired) electrons. The molecule has 0 aliphatic heterocycles. The molecular formula is C27H34Cl2O5. The third-order valence-electron chi connectivity index (χ3n) is 4.75. The van der Waals surface area contributed by atoms with E-state index in [0.29, 0.717) is 39.1 Å². The van der Waals surface area contributed by atoms with Crippen molar-refractivity contribution in [3.8, 4) is 22.6 Å². The van der Waals surface area contributed by atoms with E-state index >= 15 is 0 Å². The number of esters is 1. The number of aryl methyl sites for hydroxylation is 2. The largest absolute Gasteiger partial charge is 0.484 e. The van der Waals surface area contributed by atoms with Crippen LogP contribution in [0.25, 0.3) is 11.1 Å². The molecule has 2 aromatic carbocycles. The van der Waals surface area contributed by atoms with Crippen LogP contribution < -0.4 is 9.47 Å². The third kappa shape index (κ3) is 7.92. The van der Waals surface area contributed by atoms with Crippen LogP contribution in [0.5, 0.6) is 11.5 Å². The van der Waals surface area contributed by atoms with Gasteiger partial charge in [-0.3, -0.25) is 4.79 Å². The molecule has 0 bridgehead atoms. The number of carbonyl (C=O) groups excluding carboxylic acids is 2. The minimum absolute atomic E-state index is 0.0276. The number of halogens is 2. The molecule has 0 saturated heterocycles. The fourth-order valence-electron chi connectivity index (χ4n) is 3.51. The van der Waals surface area contributed by atoms with Gasteiger partial charge in [-0.25, -0.2) is 4.79 Å². The summed E-state index contributed by atoms with van der Waals surface area (Å²) in [5.74, 6) is 0.156. The van der Waals surface area contributed by atoms with Crippen molar-refractivity contribution in [2.24, 2.45) is 5.41 Å². The Labute approximate surface area is 212 Å². The molecule has 7 heteroatoms. The van der Waals surface area contributed by atoms with E-state index in [9.17, 15) is 9.59 Å². The zero-order valence-electron chi connectivity index (χ0n) is 21.2. The van der Waals surface area contributed by atoms with Crippen molar-refractivity contribution in [1.82, 2.24) is 0 Å². The lowest BCUT2D eigenvalue weighted by Gasteiger charge is -2.23. The SMILES string of the molecule is Cc1ccc(Cl)c(OCC(=O)CC(C)(C)C)c1-c1c(C)ccc(Cl)c1OCC(=O)OC(C)(C)C. The quantitative estimate of drug-likeness (QED) is 0.348. The van der Waals surface area contributed by atoms with Crippen LogP contribution in [0.4, 0.5) is 0 Å². The van der Waals surface area contributed by atoms with Gasteiger partial charge < -0.3 is 14.2 Å². The first-order valence-corrected chi connectivity index (χ1v) is 11.9. The van der Waals surface area contributed by atoms with Crippen LogP contribution in [0.1, 0.15) is 59.1 Å². The lowest BCUT2D eigenvalue weighted by atomic mass is 9.90. The Morgan fingerprint density at radius 1 is 0.765 bits per heavy atom. The first-order chi connectivity index (χ1) is 15.6. The van der Waals surface area contributed by atoms with Crippen molar-refractivity contribution in [3.05, 3.63) is 45.4 Å². The highest BCUT2D eigenvalue weighted by atomic mass is 35.5. The van der Waals surface area contributed by atoms with E-state index in [1.54, 1.807) is 32.9 Å². The van der Waals surface area contributed by atoms with E-state index in [-0.39, 0.29) is 24.4 Å². The first-order valence-electron chi connectivity index (χ1n) is 11.2. The highest BCUT2D eigenvalue weighted by Crippen LogP contribution is 2.47. The Balaban J connectivity index is 2.49. The minimum atomic E-state index is -0.635. The van der Waals surface area contributed by atoms with E-state index in [1.165, 1.54) is 0 Å². The highest BCUT2D eigenvalue weighted by Gasteiger charge is 2.24. The number of ether oxygens (including phenoxy) is 3. The summed E-state index contributed by atoms with van der Waals surface area (Å²) in [6.45, 7) is 14.8. The Kier molecular flexibility index (Phi) is 9.06. The van der Waals surface area contributed by atoms with Gasteiger partial charge in [0, 0.05) is 17.5 Å². The molecule has 2 aromatic rings. The van der Waals surface area contributed by atoms with Crippen LogP contribution in [0.2, 0.25) is 10.0 Å². The number of carbonyl (C=O) groups is 2. The van der Waals surface area contributed by atoms with Gasteiger partial charge in [0.25, 0.3) is 0 Å². The predicted octanol–water partition coefficient (Wildman–Crippen LogP) is 7.38. The Morgan fingerprint density at radius 2 is 1.21 bits per heavy atom. The van der Waals surface area contributed by atoms with Gasteiger partial charge in [-0.1, -0.05) is 56.1 Å². The molecule has 2 rings (SSSR count). The van der Waals surface area contributed by atoms with Gasteiger partial charge >= 0.3 is 5.97 Å². The summed E-state index contributed by atoms with van der Waals surface area (Å²) in [6.07, 6.45) is 0.381. The molecule has 0 atom stereocenters. The number of ketones is 1. The molecule has 34 heavy (non-hydrogen) atoms. The number of rotatable bonds is 8. The number of Topliss-reactive ketones (excluding diaryl/α,β-unsaturated/α-hetero) is 1. The normalized spacial score (nSPS) is 11.8. The zero-order chi connectivity index (χ0) is 25.8. The van der Waals surface area contributed by atoms with Crippen LogP contribution >= 0.6 is 23.2 Å². The average Bonchev–Trinajstić information content (AvgIpc) is 2.67. The minimum Gasteiger partial charge on any atom is -0.484 e. The summed E-state index contributed by atoms with van der Waals surface area (Å²) in [5, 5.41) is 0.694. The molecule has 0 aromatic heterocycles. The maximum Gasteiger partial charge on any atom is 0.344 e. The molecule has 0 unspecified atom stereocenters. The zero-order valence-corrected chi connectivity index (χ0v) is 22.7. The molecule has 0 fully saturated rings. The maximum atomic E-state index is 12.5. The van der Waals surface area contributed by atoms with Crippen molar-refractivity contribution < 1.29 is 23.8 Å². The van der Waals surface area contributed by atoms with Crippen molar-refractivity contribution in [1.29, 1.82) is 0 Å². The summed E-state index contributed by atoms with van der Waals surface area (Å²) in [6, 6.07) is 7.15. The van der Waals surface area contributed by atoms with Gasteiger partial charge in [0.05, 0.1) is 10.0 Å². The number of benzene rings is 2. The van der Waals surface area contributed by atoms with Crippen molar-refractivity contribution >= 4 is 35.0 Å². The fraction of sp³-hybridized carbons (Fsp3) is 0.481. The monoisotopic (exact) mass is 508 g/mol. The van der Waals surface area contributed by atoms with Crippen molar-refractivity contribution in [2.45, 2.75) is 67.4 Å². The van der Waals surface area contributed by atoms with Crippen molar-refractivity contribution in [3.63, 3.8) is 0 Å². The lowest BCUT2D eigenvalue weighted by molar-refractivity contribution is -0.157. The maximum absolute atomic E-state index is 12.5. The average molecular weight is 509 g/mol. The molecule has 186 valence electrons. The molecule has 0 aliphatic rings. The molecule has 0 amide bonds. The lowest BCUT2D eigenvalue weighted by Crippen LogP contribution is -2.27. The highest BCUT2D eigenvalue weighted by molar-refractivity contribution is 6.33. The standard InChI is InChI=1S/C27H34Cl2O5/c1-16-9-11-19(28)24(32-14-18(30)13-26(3,4)5)22(16)23-17(2)10-12-20(29)25(23)33-15-21(31)34-27(6,7)8/h9-12H,13-15H2,1-8H3. The van der Waals surface area contributed by atoms with Crippen LogP contribution in [-0.4, -0.2) is 30.6 Å². The molecular weight excluding hydrogens is 475 g/mol. The summed E-state index contributed by atoms with van der Waals surface area (Å²) in [5.41, 5.74) is 2.23. The molecule has 0 saturated carbocycles. The number of hydrogen-bond acceptors (Lipinski definition) is 5. The summed E-state index contributed by atoms with van der Waals surface area (Å²) in [7, 11) is 0. The van der Waals surface area contributed by atoms with Gasteiger partial charge in [0.2, 0.25) is 0 Å². The van der Waals surface area contributed by atoms with Gasteiger partial charge in [-0.15, -0.1) is 0 Å².